The Morgan fingerprint density at radius 2 is 1.32 bits per heavy atom. The summed E-state index contributed by atoms with van der Waals surface area (Å²) in [5.74, 6) is -0.708. The number of hydrogen-bond donors (Lipinski definition) is 3. The number of unbranched alkanes of at least 4 members (excludes halogenated alkanes) is 1. The summed E-state index contributed by atoms with van der Waals surface area (Å²) in [5.41, 5.74) is 0.396. The molecule has 0 fully saturated rings. The van der Waals surface area contributed by atoms with Crippen LogP contribution < -0.4 is 16.0 Å². The first-order chi connectivity index (χ1) is 18.1. The average Bonchev–Trinajstić information content (AvgIpc) is 2.92. The topological polar surface area (TPSA) is 100 Å². The lowest BCUT2D eigenvalue weighted by Gasteiger charge is -2.08. The minimum atomic E-state index is -0.357. The maximum Gasteiger partial charge on any atom is 0.253 e. The number of nitrogens with zero attached hydrogens (tertiary/aromatic N) is 1. The first-order valence-corrected chi connectivity index (χ1v) is 13.1. The zero-order valence-electron chi connectivity index (χ0n) is 22.0. The second-order valence-electron chi connectivity index (χ2n) is 8.22. The van der Waals surface area contributed by atoms with Crippen molar-refractivity contribution in [3.8, 4) is 0 Å². The number of rotatable bonds is 19. The van der Waals surface area contributed by atoms with Crippen molar-refractivity contribution < 1.29 is 14.4 Å². The van der Waals surface area contributed by atoms with Gasteiger partial charge in [0, 0.05) is 31.9 Å². The van der Waals surface area contributed by atoms with Gasteiger partial charge in [0.1, 0.15) is 0 Å². The molecule has 3 N–H and O–H groups in total. The smallest absolute Gasteiger partial charge is 0.253 e. The van der Waals surface area contributed by atoms with Gasteiger partial charge in [-0.25, -0.2) is 0 Å². The van der Waals surface area contributed by atoms with Crippen LogP contribution in [0.25, 0.3) is 0 Å². The van der Waals surface area contributed by atoms with E-state index in [2.05, 4.69) is 88.6 Å². The van der Waals surface area contributed by atoms with Crippen LogP contribution in [0.5, 0.6) is 0 Å². The molecule has 0 spiro atoms. The van der Waals surface area contributed by atoms with E-state index in [4.69, 9.17) is 0 Å². The summed E-state index contributed by atoms with van der Waals surface area (Å²) in [6, 6.07) is 3.28. The van der Waals surface area contributed by atoms with E-state index in [-0.39, 0.29) is 24.3 Å². The zero-order chi connectivity index (χ0) is 26.8. The fourth-order valence-electron chi connectivity index (χ4n) is 3.06. The molecule has 200 valence electrons. The molecule has 7 nitrogen and oxygen atoms in total. The first kappa shape index (κ1) is 31.3. The van der Waals surface area contributed by atoms with Crippen molar-refractivity contribution >= 4 is 17.7 Å². The van der Waals surface area contributed by atoms with Crippen LogP contribution in [0.4, 0.5) is 0 Å². The Labute approximate surface area is 221 Å². The summed E-state index contributed by atoms with van der Waals surface area (Å²) in [5, 5.41) is 7.97. The van der Waals surface area contributed by atoms with Gasteiger partial charge in [-0.2, -0.15) is 0 Å². The Balaban J connectivity index is 1.95. The number of nitrogens with one attached hydrogen (secondary N) is 3. The quantitative estimate of drug-likeness (QED) is 0.182. The van der Waals surface area contributed by atoms with Gasteiger partial charge < -0.3 is 16.0 Å². The van der Waals surface area contributed by atoms with Gasteiger partial charge in [0.15, 0.2) is 0 Å². The van der Waals surface area contributed by atoms with Crippen LogP contribution in [0.15, 0.2) is 85.3 Å². The number of allylic oxidation sites excluding steroid dienone is 10. The predicted molar refractivity (Wildman–Crippen MR) is 151 cm³/mol. The number of carbonyl (C=O) groups excluding carboxylic acids is 3. The molecule has 7 heteroatoms. The van der Waals surface area contributed by atoms with Crippen molar-refractivity contribution in [2.24, 2.45) is 0 Å². The van der Waals surface area contributed by atoms with Gasteiger partial charge in [-0.15, -0.1) is 0 Å². The van der Waals surface area contributed by atoms with Gasteiger partial charge >= 0.3 is 0 Å². The summed E-state index contributed by atoms with van der Waals surface area (Å²) in [6.45, 7) is 2.67. The SMILES string of the molecule is CC/C=C\C/C=C\C/C=C\C/C=C\C/C=C\CCCC(=O)NCCNC(=O)CNC(=O)c1cccnc1. The third-order valence-electron chi connectivity index (χ3n) is 5.03. The summed E-state index contributed by atoms with van der Waals surface area (Å²) in [6.07, 6.45) is 31.7. The first-order valence-electron chi connectivity index (χ1n) is 13.1. The molecule has 3 amide bonds. The van der Waals surface area contributed by atoms with Crippen LogP contribution >= 0.6 is 0 Å². The molecule has 1 aromatic rings. The Morgan fingerprint density at radius 3 is 1.89 bits per heavy atom. The standard InChI is InChI=1S/C30H42N4O3/c1-2-3-4-5-6-7-8-9-10-11-12-13-14-15-16-17-18-21-28(35)32-23-24-33-29(36)26-34-30(37)27-20-19-22-31-25-27/h3-4,6-7,9-10,12-13,15-16,19-20,22,25H,2,5,8,11,14,17-18,21,23-24,26H2,1H3,(H,32,35)(H,33,36)(H,34,37)/b4-3-,7-6-,10-9-,13-12-,16-15-. The number of aromatic nitrogens is 1. The maximum absolute atomic E-state index is 11.9. The number of carbonyl (C=O) groups is 3. The summed E-state index contributed by atoms with van der Waals surface area (Å²) in [4.78, 5) is 39.4. The Morgan fingerprint density at radius 1 is 0.757 bits per heavy atom. The van der Waals surface area contributed by atoms with E-state index >= 15 is 0 Å². The van der Waals surface area contributed by atoms with Crippen LogP contribution in [0.3, 0.4) is 0 Å². The van der Waals surface area contributed by atoms with Gasteiger partial charge in [0.25, 0.3) is 5.91 Å². The summed E-state index contributed by atoms with van der Waals surface area (Å²) >= 11 is 0. The highest BCUT2D eigenvalue weighted by Crippen LogP contribution is 1.99. The Bertz CT molecular complexity index is 918. The molecular formula is C30H42N4O3. The Kier molecular flexibility index (Phi) is 19.2. The Hall–Kier alpha value is -3.74. The van der Waals surface area contributed by atoms with Crippen molar-refractivity contribution in [3.63, 3.8) is 0 Å². The molecule has 1 heterocycles. The van der Waals surface area contributed by atoms with Crippen molar-refractivity contribution in [1.29, 1.82) is 0 Å². The molecule has 0 saturated heterocycles. The largest absolute Gasteiger partial charge is 0.354 e. The van der Waals surface area contributed by atoms with E-state index in [0.717, 1.165) is 44.9 Å². The molecule has 0 saturated carbocycles. The molecule has 1 aromatic heterocycles. The summed E-state index contributed by atoms with van der Waals surface area (Å²) in [7, 11) is 0. The molecule has 0 atom stereocenters. The van der Waals surface area contributed by atoms with Crippen molar-refractivity contribution in [2.45, 2.75) is 58.3 Å². The second kappa shape index (κ2) is 22.7. The van der Waals surface area contributed by atoms with Gasteiger partial charge in [-0.3, -0.25) is 19.4 Å². The lowest BCUT2D eigenvalue weighted by molar-refractivity contribution is -0.122. The third-order valence-corrected chi connectivity index (χ3v) is 5.03. The lowest BCUT2D eigenvalue weighted by Crippen LogP contribution is -2.40. The highest BCUT2D eigenvalue weighted by Gasteiger charge is 2.07. The highest BCUT2D eigenvalue weighted by molar-refractivity contribution is 5.96. The monoisotopic (exact) mass is 506 g/mol. The van der Waals surface area contributed by atoms with Gasteiger partial charge in [-0.05, 0) is 57.1 Å². The third kappa shape index (κ3) is 19.2. The lowest BCUT2D eigenvalue weighted by atomic mass is 10.2. The molecule has 0 aliphatic heterocycles. The van der Waals surface area contributed by atoms with Crippen LogP contribution in [0, 0.1) is 0 Å². The van der Waals surface area contributed by atoms with Crippen molar-refractivity contribution in [3.05, 3.63) is 90.9 Å². The van der Waals surface area contributed by atoms with E-state index in [1.165, 1.54) is 6.20 Å². The molecule has 1 rings (SSSR count). The molecule has 37 heavy (non-hydrogen) atoms. The zero-order valence-corrected chi connectivity index (χ0v) is 22.0. The van der Waals surface area contributed by atoms with Crippen LogP contribution in [-0.2, 0) is 9.59 Å². The molecule has 0 aliphatic carbocycles. The number of amides is 3. The van der Waals surface area contributed by atoms with Crippen LogP contribution in [0.2, 0.25) is 0 Å². The molecule has 0 unspecified atom stereocenters. The fraction of sp³-hybridized carbons (Fsp3) is 0.400. The molecule has 0 aromatic carbocycles. The fourth-order valence-corrected chi connectivity index (χ4v) is 3.06. The van der Waals surface area contributed by atoms with E-state index in [1.54, 1.807) is 18.3 Å². The predicted octanol–water partition coefficient (Wildman–Crippen LogP) is 4.97. The number of pyridine rings is 1. The van der Waals surface area contributed by atoms with Crippen molar-refractivity contribution in [1.82, 2.24) is 20.9 Å². The van der Waals surface area contributed by atoms with Gasteiger partial charge in [0.05, 0.1) is 12.1 Å². The van der Waals surface area contributed by atoms with E-state index in [0.29, 0.717) is 25.1 Å². The maximum atomic E-state index is 11.9. The minimum Gasteiger partial charge on any atom is -0.354 e. The highest BCUT2D eigenvalue weighted by atomic mass is 16.2. The molecular weight excluding hydrogens is 464 g/mol. The van der Waals surface area contributed by atoms with Gasteiger partial charge in [-0.1, -0.05) is 67.7 Å². The van der Waals surface area contributed by atoms with Crippen molar-refractivity contribution in [2.75, 3.05) is 19.6 Å². The molecule has 0 aliphatic rings. The van der Waals surface area contributed by atoms with Gasteiger partial charge in [0.2, 0.25) is 11.8 Å². The average molecular weight is 507 g/mol. The van der Waals surface area contributed by atoms with Crippen LogP contribution in [-0.4, -0.2) is 42.3 Å². The number of hydrogen-bond acceptors (Lipinski definition) is 4. The minimum absolute atomic E-state index is 0.0357. The van der Waals surface area contributed by atoms with E-state index in [1.807, 2.05) is 0 Å². The van der Waals surface area contributed by atoms with E-state index < -0.39 is 0 Å². The molecule has 0 radical (unpaired) electrons. The normalized spacial score (nSPS) is 11.8. The second-order valence-corrected chi connectivity index (χ2v) is 8.22. The van der Waals surface area contributed by atoms with Crippen LogP contribution in [0.1, 0.15) is 68.6 Å². The van der Waals surface area contributed by atoms with E-state index in [9.17, 15) is 14.4 Å². The molecule has 0 bridgehead atoms. The summed E-state index contributed by atoms with van der Waals surface area (Å²) < 4.78 is 0.